The molecule has 178 valence electrons. The highest BCUT2D eigenvalue weighted by Gasteiger charge is 2.27. The summed E-state index contributed by atoms with van der Waals surface area (Å²) in [5.41, 5.74) is -0.0913. The number of aromatic nitrogens is 1. The molecule has 1 heterocycles. The first-order chi connectivity index (χ1) is 16.8. The molecular formula is C23H18N4O7S. The third kappa shape index (κ3) is 4.73. The topological polar surface area (TPSA) is 138 Å². The number of nitro benzene ring substituents is 2. The van der Waals surface area contributed by atoms with E-state index in [-0.39, 0.29) is 17.2 Å². The largest absolute Gasteiger partial charge is 0.495 e. The van der Waals surface area contributed by atoms with Gasteiger partial charge in [-0.2, -0.15) is 0 Å². The monoisotopic (exact) mass is 494 g/mol. The van der Waals surface area contributed by atoms with E-state index in [9.17, 15) is 25.0 Å². The summed E-state index contributed by atoms with van der Waals surface area (Å²) in [4.78, 5) is 40.8. The number of amides is 1. The van der Waals surface area contributed by atoms with E-state index in [1.165, 1.54) is 30.5 Å². The van der Waals surface area contributed by atoms with Crippen molar-refractivity contribution in [1.29, 1.82) is 0 Å². The second-order valence-corrected chi connectivity index (χ2v) is 8.25. The second-order valence-electron chi connectivity index (χ2n) is 7.27. The smallest absolute Gasteiger partial charge is 0.277 e. The Labute approximate surface area is 202 Å². The highest BCUT2D eigenvalue weighted by molar-refractivity contribution is 7.22. The van der Waals surface area contributed by atoms with Gasteiger partial charge in [-0.05, 0) is 17.7 Å². The lowest BCUT2D eigenvalue weighted by atomic mass is 10.1. The first-order valence-electron chi connectivity index (χ1n) is 10.1. The van der Waals surface area contributed by atoms with Crippen LogP contribution in [0.25, 0.3) is 10.2 Å². The van der Waals surface area contributed by atoms with Crippen LogP contribution in [0, 0.1) is 20.2 Å². The zero-order valence-electron chi connectivity index (χ0n) is 18.5. The number of nitrogens with zero attached hydrogens (tertiary/aromatic N) is 4. The van der Waals surface area contributed by atoms with Crippen molar-refractivity contribution < 1.29 is 24.1 Å². The molecule has 4 rings (SSSR count). The van der Waals surface area contributed by atoms with Crippen LogP contribution in [0.1, 0.15) is 15.9 Å². The van der Waals surface area contributed by atoms with Crippen LogP contribution < -0.4 is 14.4 Å². The summed E-state index contributed by atoms with van der Waals surface area (Å²) in [6.45, 7) is 0.0701. The van der Waals surface area contributed by atoms with Crippen LogP contribution in [-0.4, -0.2) is 35.0 Å². The van der Waals surface area contributed by atoms with Gasteiger partial charge in [0.15, 0.2) is 5.13 Å². The molecule has 0 saturated carbocycles. The number of carbonyl (C=O) groups is 1. The van der Waals surface area contributed by atoms with E-state index in [2.05, 4.69) is 4.98 Å². The number of non-ortho nitro benzene ring substituents is 2. The first kappa shape index (κ1) is 23.6. The van der Waals surface area contributed by atoms with Crippen molar-refractivity contribution in [1.82, 2.24) is 4.98 Å². The zero-order valence-corrected chi connectivity index (χ0v) is 19.4. The van der Waals surface area contributed by atoms with Gasteiger partial charge in [-0.3, -0.25) is 29.9 Å². The molecule has 12 heteroatoms. The fraction of sp³-hybridized carbons (Fsp3) is 0.130. The fourth-order valence-electron chi connectivity index (χ4n) is 3.47. The van der Waals surface area contributed by atoms with Crippen molar-refractivity contribution in [3.8, 4) is 11.5 Å². The molecule has 0 saturated heterocycles. The third-order valence-corrected chi connectivity index (χ3v) is 6.22. The van der Waals surface area contributed by atoms with Crippen LogP contribution in [-0.2, 0) is 6.54 Å². The maximum Gasteiger partial charge on any atom is 0.277 e. The predicted molar refractivity (Wildman–Crippen MR) is 129 cm³/mol. The van der Waals surface area contributed by atoms with E-state index < -0.39 is 27.1 Å². The Balaban J connectivity index is 1.88. The van der Waals surface area contributed by atoms with Gasteiger partial charge in [-0.1, -0.05) is 41.7 Å². The molecule has 0 N–H and O–H groups in total. The molecule has 3 aromatic carbocycles. The Morgan fingerprint density at radius 3 is 2.11 bits per heavy atom. The van der Waals surface area contributed by atoms with Crippen molar-refractivity contribution in [2.45, 2.75) is 6.54 Å². The quantitative estimate of drug-likeness (QED) is 0.247. The number of carbonyl (C=O) groups excluding carboxylic acids is 1. The van der Waals surface area contributed by atoms with Crippen LogP contribution in [0.4, 0.5) is 16.5 Å². The fourth-order valence-corrected chi connectivity index (χ4v) is 4.54. The van der Waals surface area contributed by atoms with Gasteiger partial charge in [0, 0.05) is 12.1 Å². The number of fused-ring (bicyclic) bond motifs is 1. The first-order valence-corrected chi connectivity index (χ1v) is 10.9. The van der Waals surface area contributed by atoms with E-state index in [1.807, 2.05) is 18.2 Å². The van der Waals surface area contributed by atoms with Gasteiger partial charge in [0.1, 0.15) is 21.7 Å². The van der Waals surface area contributed by atoms with Crippen molar-refractivity contribution in [2.75, 3.05) is 19.1 Å². The SMILES string of the molecule is COc1ccc(OC)c2sc(N(Cc3ccccc3)C(=O)c3cc([N+](=O)[O-])cc([N+](=O)[O-])c3)nc12. The number of methoxy groups -OCH3 is 2. The molecule has 0 bridgehead atoms. The van der Waals surface area contributed by atoms with Gasteiger partial charge in [-0.15, -0.1) is 0 Å². The Morgan fingerprint density at radius 1 is 0.943 bits per heavy atom. The maximum absolute atomic E-state index is 13.7. The summed E-state index contributed by atoms with van der Waals surface area (Å²) in [5.74, 6) is 0.321. The molecule has 0 aliphatic carbocycles. The van der Waals surface area contributed by atoms with Crippen molar-refractivity contribution in [3.63, 3.8) is 0 Å². The summed E-state index contributed by atoms with van der Waals surface area (Å²) < 4.78 is 11.5. The lowest BCUT2D eigenvalue weighted by Gasteiger charge is -2.20. The minimum absolute atomic E-state index is 0.0701. The number of hydrogen-bond donors (Lipinski definition) is 0. The molecule has 0 unspecified atom stereocenters. The number of nitro groups is 2. The minimum atomic E-state index is -0.779. The van der Waals surface area contributed by atoms with Crippen LogP contribution in [0.5, 0.6) is 11.5 Å². The molecule has 0 radical (unpaired) electrons. The molecular weight excluding hydrogens is 476 g/mol. The number of ether oxygens (including phenoxy) is 2. The molecule has 0 aliphatic rings. The van der Waals surface area contributed by atoms with Gasteiger partial charge < -0.3 is 9.47 Å². The normalized spacial score (nSPS) is 10.7. The molecule has 0 spiro atoms. The number of thiazole rings is 1. The second kappa shape index (κ2) is 9.73. The van der Waals surface area contributed by atoms with Gasteiger partial charge >= 0.3 is 0 Å². The third-order valence-electron chi connectivity index (χ3n) is 5.13. The summed E-state index contributed by atoms with van der Waals surface area (Å²) in [7, 11) is 3.01. The van der Waals surface area contributed by atoms with E-state index in [1.54, 1.807) is 24.3 Å². The highest BCUT2D eigenvalue weighted by atomic mass is 32.1. The van der Waals surface area contributed by atoms with Crippen molar-refractivity contribution in [2.24, 2.45) is 0 Å². The Morgan fingerprint density at radius 2 is 1.54 bits per heavy atom. The van der Waals surface area contributed by atoms with Crippen LogP contribution in [0.2, 0.25) is 0 Å². The standard InChI is InChI=1S/C23H18N4O7S/c1-33-18-8-9-19(34-2)21-20(18)24-23(35-21)25(13-14-6-4-3-5-7-14)22(28)15-10-16(26(29)30)12-17(11-15)27(31)32/h3-12H,13H2,1-2H3. The van der Waals surface area contributed by atoms with E-state index >= 15 is 0 Å². The maximum atomic E-state index is 13.7. The molecule has 0 aliphatic heterocycles. The average molecular weight is 494 g/mol. The zero-order chi connectivity index (χ0) is 25.1. The molecule has 4 aromatic rings. The molecule has 0 fully saturated rings. The van der Waals surface area contributed by atoms with Crippen molar-refractivity contribution in [3.05, 3.63) is 92.0 Å². The average Bonchev–Trinajstić information content (AvgIpc) is 3.31. The van der Waals surface area contributed by atoms with Gasteiger partial charge in [0.05, 0.1) is 42.2 Å². The number of benzene rings is 3. The number of rotatable bonds is 8. The van der Waals surface area contributed by atoms with Gasteiger partial charge in [0.25, 0.3) is 17.3 Å². The van der Waals surface area contributed by atoms with Crippen LogP contribution in [0.15, 0.2) is 60.7 Å². The Bertz CT molecular complexity index is 1370. The lowest BCUT2D eigenvalue weighted by molar-refractivity contribution is -0.394. The molecule has 1 amide bonds. The number of anilines is 1. The molecule has 1 aromatic heterocycles. The van der Waals surface area contributed by atoms with Crippen molar-refractivity contribution >= 4 is 44.0 Å². The summed E-state index contributed by atoms with van der Waals surface area (Å²) in [6.07, 6.45) is 0. The molecule has 0 atom stereocenters. The highest BCUT2D eigenvalue weighted by Crippen LogP contribution is 2.41. The molecule has 11 nitrogen and oxygen atoms in total. The van der Waals surface area contributed by atoms with Crippen LogP contribution >= 0.6 is 11.3 Å². The lowest BCUT2D eigenvalue weighted by Crippen LogP contribution is -2.30. The minimum Gasteiger partial charge on any atom is -0.495 e. The van der Waals surface area contributed by atoms with E-state index in [4.69, 9.17) is 9.47 Å². The van der Waals surface area contributed by atoms with Gasteiger partial charge in [-0.25, -0.2) is 4.98 Å². The summed E-state index contributed by atoms with van der Waals surface area (Å²) in [5, 5.41) is 23.0. The van der Waals surface area contributed by atoms with E-state index in [0.29, 0.717) is 21.7 Å². The molecule has 35 heavy (non-hydrogen) atoms. The van der Waals surface area contributed by atoms with Gasteiger partial charge in [0.2, 0.25) is 0 Å². The summed E-state index contributed by atoms with van der Waals surface area (Å²) >= 11 is 1.17. The van der Waals surface area contributed by atoms with Crippen LogP contribution in [0.3, 0.4) is 0 Å². The van der Waals surface area contributed by atoms with E-state index in [0.717, 1.165) is 23.8 Å². The Hall–Kier alpha value is -4.58. The summed E-state index contributed by atoms with van der Waals surface area (Å²) in [6, 6.07) is 15.3. The number of hydrogen-bond acceptors (Lipinski definition) is 9. The Kier molecular flexibility index (Phi) is 6.55. The predicted octanol–water partition coefficient (Wildman–Crippen LogP) is 4.98.